The number of rotatable bonds is 6. The molecule has 0 amide bonds. The average molecular weight is 492 g/mol. The molecule has 1 atom stereocenters. The summed E-state index contributed by atoms with van der Waals surface area (Å²) in [4.78, 5) is 2.37. The van der Waals surface area contributed by atoms with Crippen molar-refractivity contribution in [1.29, 1.82) is 5.26 Å². The predicted octanol–water partition coefficient (Wildman–Crippen LogP) is 5.36. The molecule has 0 saturated carbocycles. The maximum absolute atomic E-state index is 10.1. The van der Waals surface area contributed by atoms with Gasteiger partial charge in [0.15, 0.2) is 0 Å². The lowest BCUT2D eigenvalue weighted by Crippen LogP contribution is -2.37. The molecule has 3 aromatic carbocycles. The van der Waals surface area contributed by atoms with E-state index < -0.39 is 0 Å². The Kier molecular flexibility index (Phi) is 6.98. The minimum Gasteiger partial charge on any atom is -0.497 e. The first kappa shape index (κ1) is 24.2. The molecule has 37 heavy (non-hydrogen) atoms. The molecule has 2 heterocycles. The number of hydrogen-bond donors (Lipinski definition) is 1. The molecule has 0 radical (unpaired) electrons. The summed E-state index contributed by atoms with van der Waals surface area (Å²) in [5.41, 5.74) is 11.9. The quantitative estimate of drug-likeness (QED) is 0.500. The second-order valence-electron chi connectivity index (χ2n) is 9.13. The molecule has 2 N–H and O–H groups in total. The van der Waals surface area contributed by atoms with Crippen molar-refractivity contribution in [2.75, 3.05) is 27.3 Å². The van der Waals surface area contributed by atoms with Crippen LogP contribution in [-0.4, -0.2) is 32.2 Å². The highest BCUT2D eigenvalue weighted by Gasteiger charge is 2.38. The number of hydrogen-bond acceptors (Lipinski definition) is 6. The summed E-state index contributed by atoms with van der Waals surface area (Å²) < 4.78 is 17.1. The molecule has 1 unspecified atom stereocenters. The molecule has 0 aromatic heterocycles. The molecule has 6 nitrogen and oxygen atoms in total. The molecule has 0 aliphatic carbocycles. The van der Waals surface area contributed by atoms with Gasteiger partial charge in [0.2, 0.25) is 5.88 Å². The van der Waals surface area contributed by atoms with Crippen molar-refractivity contribution in [3.8, 4) is 17.6 Å². The Hall–Kier alpha value is -4.47. The second-order valence-corrected chi connectivity index (χ2v) is 9.13. The first-order valence-electron chi connectivity index (χ1n) is 12.2. The van der Waals surface area contributed by atoms with Crippen LogP contribution >= 0.6 is 0 Å². The van der Waals surface area contributed by atoms with Gasteiger partial charge in [-0.25, -0.2) is 0 Å². The summed E-state index contributed by atoms with van der Waals surface area (Å²) in [5.74, 6) is 2.05. The topological polar surface area (TPSA) is 80.7 Å². The molecule has 0 bridgehead atoms. The Labute approximate surface area is 217 Å². The smallest absolute Gasteiger partial charge is 0.205 e. The van der Waals surface area contributed by atoms with Crippen molar-refractivity contribution in [1.82, 2.24) is 4.90 Å². The van der Waals surface area contributed by atoms with E-state index in [1.807, 2.05) is 54.6 Å². The lowest BCUT2D eigenvalue weighted by molar-refractivity contribution is 0.230. The lowest BCUT2D eigenvalue weighted by Gasteiger charge is -2.38. The van der Waals surface area contributed by atoms with E-state index in [2.05, 4.69) is 41.3 Å². The Morgan fingerprint density at radius 2 is 1.70 bits per heavy atom. The van der Waals surface area contributed by atoms with Crippen LogP contribution in [0.25, 0.3) is 6.08 Å². The maximum atomic E-state index is 10.1. The first-order chi connectivity index (χ1) is 18.1. The average Bonchev–Trinajstić information content (AvgIpc) is 2.93. The van der Waals surface area contributed by atoms with Crippen LogP contribution < -0.4 is 15.2 Å². The summed E-state index contributed by atoms with van der Waals surface area (Å²) in [6.07, 6.45) is 2.11. The van der Waals surface area contributed by atoms with Crippen LogP contribution in [0.2, 0.25) is 0 Å². The highest BCUT2D eigenvalue weighted by atomic mass is 16.5. The number of nitrogens with zero attached hydrogens (tertiary/aromatic N) is 2. The Morgan fingerprint density at radius 1 is 0.973 bits per heavy atom. The van der Waals surface area contributed by atoms with Gasteiger partial charge in [-0.2, -0.15) is 5.26 Å². The van der Waals surface area contributed by atoms with E-state index >= 15 is 0 Å². The zero-order chi connectivity index (χ0) is 25.8. The van der Waals surface area contributed by atoms with Crippen LogP contribution in [-0.2, 0) is 11.3 Å². The molecule has 2 aliphatic heterocycles. The SMILES string of the molecule is COc1cccc(/C=C2\CN(Cc3ccccc3)CC3=C2OC(N)=C(C#N)C3c2cccc(OC)c2)c1. The van der Waals surface area contributed by atoms with Crippen molar-refractivity contribution in [2.24, 2.45) is 5.73 Å². The van der Waals surface area contributed by atoms with Gasteiger partial charge in [-0.3, -0.25) is 4.90 Å². The number of nitrogens with two attached hydrogens (primary N) is 1. The monoisotopic (exact) mass is 491 g/mol. The highest BCUT2D eigenvalue weighted by molar-refractivity contribution is 5.64. The number of nitriles is 1. The summed E-state index contributed by atoms with van der Waals surface area (Å²) in [5, 5.41) is 10.1. The number of ether oxygens (including phenoxy) is 3. The fourth-order valence-corrected chi connectivity index (χ4v) is 5.03. The van der Waals surface area contributed by atoms with Crippen LogP contribution in [0.15, 0.2) is 107 Å². The van der Waals surface area contributed by atoms with Gasteiger partial charge in [0.05, 0.1) is 20.1 Å². The Morgan fingerprint density at radius 3 is 2.43 bits per heavy atom. The molecule has 6 heteroatoms. The molecule has 186 valence electrons. The molecule has 0 saturated heterocycles. The van der Waals surface area contributed by atoms with Crippen LogP contribution in [0, 0.1) is 11.3 Å². The fraction of sp³-hybridized carbons (Fsp3) is 0.194. The van der Waals surface area contributed by atoms with Gasteiger partial charge < -0.3 is 19.9 Å². The van der Waals surface area contributed by atoms with Gasteiger partial charge >= 0.3 is 0 Å². The second kappa shape index (κ2) is 10.7. The van der Waals surface area contributed by atoms with Crippen molar-refractivity contribution in [3.05, 3.63) is 124 Å². The zero-order valence-electron chi connectivity index (χ0n) is 21.0. The van der Waals surface area contributed by atoms with Crippen LogP contribution in [0.4, 0.5) is 0 Å². The zero-order valence-corrected chi connectivity index (χ0v) is 21.0. The fourth-order valence-electron chi connectivity index (χ4n) is 5.03. The van der Waals surface area contributed by atoms with Gasteiger partial charge in [-0.05, 0) is 52.6 Å². The van der Waals surface area contributed by atoms with Gasteiger partial charge in [0.25, 0.3) is 0 Å². The number of benzene rings is 3. The maximum Gasteiger partial charge on any atom is 0.205 e. The minimum absolute atomic E-state index is 0.141. The molecule has 5 rings (SSSR count). The molecular formula is C31H29N3O3. The van der Waals surface area contributed by atoms with E-state index in [1.54, 1.807) is 14.2 Å². The molecular weight excluding hydrogens is 462 g/mol. The van der Waals surface area contributed by atoms with E-state index in [1.165, 1.54) is 5.56 Å². The third-order valence-corrected chi connectivity index (χ3v) is 6.72. The van der Waals surface area contributed by atoms with E-state index in [-0.39, 0.29) is 11.8 Å². The van der Waals surface area contributed by atoms with Crippen LogP contribution in [0.3, 0.4) is 0 Å². The van der Waals surface area contributed by atoms with Gasteiger partial charge in [-0.15, -0.1) is 0 Å². The standard InChI is InChI=1S/C31H29N3O3/c1-35-25-12-6-10-22(15-25)14-24-19-34(18-21-8-4-3-5-9-21)20-28-29(23-11-7-13-26(16-23)36-2)27(17-32)31(33)37-30(24)28/h3-16,29H,18-20,33H2,1-2H3/b24-14+. The third kappa shape index (κ3) is 5.09. The number of allylic oxidation sites excluding steroid dienone is 1. The predicted molar refractivity (Wildman–Crippen MR) is 143 cm³/mol. The van der Waals surface area contributed by atoms with E-state index in [9.17, 15) is 5.26 Å². The van der Waals surface area contributed by atoms with Gasteiger partial charge in [0, 0.05) is 25.2 Å². The molecule has 2 aliphatic rings. The van der Waals surface area contributed by atoms with Gasteiger partial charge in [-0.1, -0.05) is 54.6 Å². The Bertz CT molecular complexity index is 1430. The van der Waals surface area contributed by atoms with Crippen LogP contribution in [0.1, 0.15) is 22.6 Å². The van der Waals surface area contributed by atoms with E-state index in [0.29, 0.717) is 18.7 Å². The summed E-state index contributed by atoms with van der Waals surface area (Å²) in [7, 11) is 3.30. The summed E-state index contributed by atoms with van der Waals surface area (Å²) >= 11 is 0. The normalized spacial score (nSPS) is 18.7. The van der Waals surface area contributed by atoms with E-state index in [0.717, 1.165) is 46.1 Å². The highest BCUT2D eigenvalue weighted by Crippen LogP contribution is 2.44. The van der Waals surface area contributed by atoms with Crippen molar-refractivity contribution in [3.63, 3.8) is 0 Å². The molecule has 0 spiro atoms. The van der Waals surface area contributed by atoms with Gasteiger partial charge in [0.1, 0.15) is 28.9 Å². The minimum atomic E-state index is -0.337. The molecule has 3 aromatic rings. The van der Waals surface area contributed by atoms with Crippen molar-refractivity contribution >= 4 is 6.08 Å². The van der Waals surface area contributed by atoms with Crippen molar-refractivity contribution in [2.45, 2.75) is 12.5 Å². The largest absolute Gasteiger partial charge is 0.497 e. The Balaban J connectivity index is 1.64. The summed E-state index contributed by atoms with van der Waals surface area (Å²) in [6.45, 7) is 2.07. The summed E-state index contributed by atoms with van der Waals surface area (Å²) in [6, 6.07) is 28.4. The molecule has 0 fully saturated rings. The first-order valence-corrected chi connectivity index (χ1v) is 12.2. The van der Waals surface area contributed by atoms with Crippen molar-refractivity contribution < 1.29 is 14.2 Å². The lowest BCUT2D eigenvalue weighted by atomic mass is 9.80. The van der Waals surface area contributed by atoms with Crippen LogP contribution in [0.5, 0.6) is 11.5 Å². The number of methoxy groups -OCH3 is 2. The third-order valence-electron chi connectivity index (χ3n) is 6.72. The van der Waals surface area contributed by atoms with E-state index in [4.69, 9.17) is 19.9 Å².